The fraction of sp³-hybridized carbons (Fsp3) is 0.208. The van der Waals surface area contributed by atoms with Gasteiger partial charge in [0.1, 0.15) is 23.7 Å². The molecule has 0 saturated heterocycles. The van der Waals surface area contributed by atoms with E-state index in [0.29, 0.717) is 34.6 Å². The van der Waals surface area contributed by atoms with Crippen LogP contribution in [0.3, 0.4) is 0 Å². The first-order valence-corrected chi connectivity index (χ1v) is 9.86. The van der Waals surface area contributed by atoms with E-state index >= 15 is 0 Å². The van der Waals surface area contributed by atoms with Gasteiger partial charge in [0.25, 0.3) is 0 Å². The zero-order chi connectivity index (χ0) is 21.1. The smallest absolute Gasteiger partial charge is 0.249 e. The van der Waals surface area contributed by atoms with Crippen LogP contribution in [0.25, 0.3) is 0 Å². The van der Waals surface area contributed by atoms with E-state index in [0.717, 1.165) is 12.0 Å². The van der Waals surface area contributed by atoms with Gasteiger partial charge in [-0.2, -0.15) is 0 Å². The first-order chi connectivity index (χ1) is 14.6. The second-order valence-electron chi connectivity index (χ2n) is 7.16. The summed E-state index contributed by atoms with van der Waals surface area (Å²) in [6.07, 6.45) is 3.75. The number of pyridine rings is 1. The molecule has 0 bridgehead atoms. The number of rotatable bonds is 6. The van der Waals surface area contributed by atoms with Crippen LogP contribution in [0.2, 0.25) is 0 Å². The van der Waals surface area contributed by atoms with Crippen LogP contribution in [-0.4, -0.2) is 22.8 Å². The van der Waals surface area contributed by atoms with E-state index in [1.807, 2.05) is 31.2 Å². The van der Waals surface area contributed by atoms with Crippen molar-refractivity contribution in [1.29, 1.82) is 0 Å². The van der Waals surface area contributed by atoms with E-state index < -0.39 is 12.0 Å². The summed E-state index contributed by atoms with van der Waals surface area (Å²) in [6.45, 7) is 1.99. The summed E-state index contributed by atoms with van der Waals surface area (Å²) in [5, 5.41) is 0. The molecule has 0 fully saturated rings. The number of hydrogen-bond donors (Lipinski definition) is 1. The van der Waals surface area contributed by atoms with Gasteiger partial charge in [-0.15, -0.1) is 0 Å². The van der Waals surface area contributed by atoms with E-state index in [9.17, 15) is 9.59 Å². The number of primary amides is 1. The molecule has 4 rings (SSSR count). The molecular formula is C24H22N2O4. The minimum absolute atomic E-state index is 0.0689. The molecule has 6 heteroatoms. The van der Waals surface area contributed by atoms with Crippen molar-refractivity contribution in [3.05, 3.63) is 89.2 Å². The molecule has 152 valence electrons. The highest BCUT2D eigenvalue weighted by Gasteiger charge is 2.27. The molecule has 1 aromatic heterocycles. The summed E-state index contributed by atoms with van der Waals surface area (Å²) in [6, 6.07) is 15.9. The van der Waals surface area contributed by atoms with Crippen molar-refractivity contribution in [2.24, 2.45) is 5.73 Å². The Morgan fingerprint density at radius 1 is 1.20 bits per heavy atom. The molecule has 1 aliphatic rings. The first-order valence-electron chi connectivity index (χ1n) is 9.86. The highest BCUT2D eigenvalue weighted by molar-refractivity contribution is 6.00. The van der Waals surface area contributed by atoms with Gasteiger partial charge >= 0.3 is 0 Å². The van der Waals surface area contributed by atoms with Crippen LogP contribution in [-0.2, 0) is 0 Å². The normalized spacial score (nSPS) is 16.3. The number of hydrogen-bond acceptors (Lipinski definition) is 5. The van der Waals surface area contributed by atoms with Crippen LogP contribution >= 0.6 is 0 Å². The molecule has 0 spiro atoms. The average Bonchev–Trinajstić information content (AvgIpc) is 2.77. The summed E-state index contributed by atoms with van der Waals surface area (Å²) in [7, 11) is 0. The molecule has 30 heavy (non-hydrogen) atoms. The van der Waals surface area contributed by atoms with Gasteiger partial charge in [-0.3, -0.25) is 14.6 Å². The highest BCUT2D eigenvalue weighted by atomic mass is 16.5. The van der Waals surface area contributed by atoms with E-state index in [1.54, 1.807) is 42.7 Å². The van der Waals surface area contributed by atoms with E-state index in [-0.39, 0.29) is 11.9 Å². The Balaban J connectivity index is 1.74. The molecule has 0 aliphatic carbocycles. The minimum Gasteiger partial charge on any atom is -0.489 e. The lowest BCUT2D eigenvalue weighted by atomic mass is 9.96. The maximum Gasteiger partial charge on any atom is 0.249 e. The number of amides is 1. The number of ether oxygens (including phenoxy) is 2. The molecule has 1 aliphatic heterocycles. The number of Topliss-reactive ketones (excluding diaryl/α,β-unsaturated/α-hetero) is 1. The fourth-order valence-electron chi connectivity index (χ4n) is 3.60. The van der Waals surface area contributed by atoms with Crippen molar-refractivity contribution in [3.63, 3.8) is 0 Å². The van der Waals surface area contributed by atoms with E-state index in [2.05, 4.69) is 4.98 Å². The van der Waals surface area contributed by atoms with Gasteiger partial charge in [-0.25, -0.2) is 0 Å². The summed E-state index contributed by atoms with van der Waals surface area (Å²) in [4.78, 5) is 28.4. The van der Waals surface area contributed by atoms with Crippen molar-refractivity contribution < 1.29 is 19.1 Å². The number of carbonyl (C=O) groups excluding carboxylic acids is 2. The van der Waals surface area contributed by atoms with E-state index in [1.165, 1.54) is 0 Å². The predicted molar refractivity (Wildman–Crippen MR) is 112 cm³/mol. The van der Waals surface area contributed by atoms with Crippen molar-refractivity contribution in [2.45, 2.75) is 32.0 Å². The first kappa shape index (κ1) is 19.6. The molecule has 2 atom stereocenters. The van der Waals surface area contributed by atoms with Crippen LogP contribution in [0.15, 0.2) is 67.0 Å². The highest BCUT2D eigenvalue weighted by Crippen LogP contribution is 2.36. The summed E-state index contributed by atoms with van der Waals surface area (Å²) < 4.78 is 12.3. The molecule has 0 unspecified atom stereocenters. The van der Waals surface area contributed by atoms with Gasteiger partial charge in [-0.1, -0.05) is 25.1 Å². The minimum atomic E-state index is -0.587. The molecule has 6 nitrogen and oxygen atoms in total. The molecule has 1 amide bonds. The summed E-state index contributed by atoms with van der Waals surface area (Å²) in [5.41, 5.74) is 8.01. The Bertz CT molecular complexity index is 1080. The molecule has 0 radical (unpaired) electrons. The number of nitrogens with zero attached hydrogens (tertiary/aromatic N) is 1. The Labute approximate surface area is 174 Å². The van der Waals surface area contributed by atoms with Crippen molar-refractivity contribution in [3.8, 4) is 11.5 Å². The van der Waals surface area contributed by atoms with Crippen molar-refractivity contribution >= 4 is 11.7 Å². The third kappa shape index (κ3) is 3.89. The quantitative estimate of drug-likeness (QED) is 0.670. The second-order valence-corrected chi connectivity index (χ2v) is 7.16. The lowest BCUT2D eigenvalue weighted by Gasteiger charge is -2.26. The third-order valence-corrected chi connectivity index (χ3v) is 5.19. The summed E-state index contributed by atoms with van der Waals surface area (Å²) in [5.74, 6) is 0.587. The number of fused-ring (bicyclic) bond motifs is 1. The standard InChI is InChI=1S/C24H22N2O4/c1-2-16-13-21(27)20-8-7-17(14-22(20)29-16)30-23(15-9-11-26-12-10-15)18-5-3-4-6-19(18)24(25)28/h3-12,14,16,23H,2,13H2,1H3,(H2,25,28)/t16-,23+/m0/s1. The van der Waals surface area contributed by atoms with Gasteiger partial charge in [0, 0.05) is 36.0 Å². The second kappa shape index (κ2) is 8.37. The SMILES string of the molecule is CC[C@H]1CC(=O)c2ccc(O[C@H](c3ccncc3)c3ccccc3C(N)=O)cc2O1. The van der Waals surface area contributed by atoms with Crippen LogP contribution in [0.1, 0.15) is 57.7 Å². The Morgan fingerprint density at radius 2 is 1.97 bits per heavy atom. The third-order valence-electron chi connectivity index (χ3n) is 5.19. The largest absolute Gasteiger partial charge is 0.489 e. The fourth-order valence-corrected chi connectivity index (χ4v) is 3.60. The lowest BCUT2D eigenvalue weighted by molar-refractivity contribution is 0.0843. The Hall–Kier alpha value is -3.67. The topological polar surface area (TPSA) is 91.5 Å². The maximum atomic E-state index is 12.4. The van der Waals surface area contributed by atoms with Gasteiger partial charge in [0.2, 0.25) is 5.91 Å². The molecule has 3 aromatic rings. The zero-order valence-corrected chi connectivity index (χ0v) is 16.6. The molecule has 2 N–H and O–H groups in total. The number of aromatic nitrogens is 1. The van der Waals surface area contributed by atoms with Gasteiger partial charge < -0.3 is 15.2 Å². The zero-order valence-electron chi connectivity index (χ0n) is 16.6. The van der Waals surface area contributed by atoms with Crippen LogP contribution in [0, 0.1) is 0 Å². The van der Waals surface area contributed by atoms with E-state index in [4.69, 9.17) is 15.2 Å². The lowest BCUT2D eigenvalue weighted by Crippen LogP contribution is -2.26. The van der Waals surface area contributed by atoms with Crippen LogP contribution in [0.5, 0.6) is 11.5 Å². The number of benzene rings is 2. The molecule has 0 saturated carbocycles. The number of ketones is 1. The number of carbonyl (C=O) groups is 2. The average molecular weight is 402 g/mol. The Morgan fingerprint density at radius 3 is 2.70 bits per heavy atom. The maximum absolute atomic E-state index is 12.4. The van der Waals surface area contributed by atoms with Gasteiger partial charge in [0.15, 0.2) is 5.78 Å². The molecule has 2 aromatic carbocycles. The number of nitrogens with two attached hydrogens (primary N) is 1. The van der Waals surface area contributed by atoms with Crippen LogP contribution in [0.4, 0.5) is 0 Å². The van der Waals surface area contributed by atoms with Crippen molar-refractivity contribution in [2.75, 3.05) is 0 Å². The van der Waals surface area contributed by atoms with Gasteiger partial charge in [0.05, 0.1) is 5.56 Å². The molecule has 2 heterocycles. The monoisotopic (exact) mass is 402 g/mol. The Kier molecular flexibility index (Phi) is 5.48. The van der Waals surface area contributed by atoms with Crippen molar-refractivity contribution in [1.82, 2.24) is 4.98 Å². The summed E-state index contributed by atoms with van der Waals surface area (Å²) >= 11 is 0. The molecular weight excluding hydrogens is 380 g/mol. The predicted octanol–water partition coefficient (Wildman–Crippen LogP) is 4.09. The van der Waals surface area contributed by atoms with Gasteiger partial charge in [-0.05, 0) is 42.3 Å². The van der Waals surface area contributed by atoms with Crippen LogP contribution < -0.4 is 15.2 Å².